The van der Waals surface area contributed by atoms with Crippen LogP contribution in [0.15, 0.2) is 46.9 Å². The Bertz CT molecular complexity index is 742. The lowest BCUT2D eigenvalue weighted by Gasteiger charge is -2.10. The number of benzene rings is 2. The van der Waals surface area contributed by atoms with Gasteiger partial charge < -0.3 is 14.2 Å². The quantitative estimate of drug-likeness (QED) is 0.543. The first-order chi connectivity index (χ1) is 11.5. The van der Waals surface area contributed by atoms with E-state index in [0.717, 1.165) is 6.42 Å². The summed E-state index contributed by atoms with van der Waals surface area (Å²) < 4.78 is 16.2. The van der Waals surface area contributed by atoms with Gasteiger partial charge in [0, 0.05) is 4.47 Å². The third-order valence-corrected chi connectivity index (χ3v) is 3.59. The van der Waals surface area contributed by atoms with Crippen molar-refractivity contribution in [2.75, 3.05) is 13.7 Å². The highest BCUT2D eigenvalue weighted by Crippen LogP contribution is 2.25. The van der Waals surface area contributed by atoms with Gasteiger partial charge in [0.15, 0.2) is 0 Å². The highest BCUT2D eigenvalue weighted by Gasteiger charge is 2.18. The fraction of sp³-hybridized carbons (Fsp3) is 0.222. The van der Waals surface area contributed by atoms with Crippen LogP contribution in [0.1, 0.15) is 34.1 Å². The first-order valence-corrected chi connectivity index (χ1v) is 8.17. The number of methoxy groups -OCH3 is 1. The van der Waals surface area contributed by atoms with Gasteiger partial charge in [-0.1, -0.05) is 28.9 Å². The minimum Gasteiger partial charge on any atom is -0.494 e. The van der Waals surface area contributed by atoms with Crippen molar-refractivity contribution in [3.8, 4) is 11.5 Å². The fourth-order valence-electron chi connectivity index (χ4n) is 1.95. The van der Waals surface area contributed by atoms with Crippen LogP contribution in [-0.4, -0.2) is 25.7 Å². The van der Waals surface area contributed by atoms with Crippen LogP contribution < -0.4 is 9.47 Å². The molecule has 0 fully saturated rings. The van der Waals surface area contributed by atoms with Gasteiger partial charge in [-0.2, -0.15) is 0 Å². The Kier molecular flexibility index (Phi) is 6.37. The van der Waals surface area contributed by atoms with Crippen molar-refractivity contribution >= 4 is 27.9 Å². The first kappa shape index (κ1) is 18.0. The average molecular weight is 393 g/mol. The molecule has 0 heterocycles. The molecule has 5 nitrogen and oxygen atoms in total. The number of rotatable bonds is 6. The molecule has 2 aromatic rings. The van der Waals surface area contributed by atoms with E-state index in [-0.39, 0.29) is 11.3 Å². The zero-order chi connectivity index (χ0) is 17.5. The maximum absolute atomic E-state index is 12.3. The van der Waals surface area contributed by atoms with E-state index in [2.05, 4.69) is 15.9 Å². The summed E-state index contributed by atoms with van der Waals surface area (Å²) in [5, 5.41) is 0. The van der Waals surface area contributed by atoms with Crippen molar-refractivity contribution in [3.05, 3.63) is 58.1 Å². The maximum Gasteiger partial charge on any atom is 0.343 e. The molecule has 0 atom stereocenters. The number of esters is 2. The molecule has 0 bridgehead atoms. The molecule has 0 spiro atoms. The predicted octanol–water partition coefficient (Wildman–Crippen LogP) is 4.24. The van der Waals surface area contributed by atoms with Crippen LogP contribution >= 0.6 is 15.9 Å². The zero-order valence-corrected chi connectivity index (χ0v) is 15.0. The lowest BCUT2D eigenvalue weighted by atomic mass is 10.2. The van der Waals surface area contributed by atoms with Crippen LogP contribution in [-0.2, 0) is 4.74 Å². The van der Waals surface area contributed by atoms with Gasteiger partial charge in [-0.3, -0.25) is 0 Å². The van der Waals surface area contributed by atoms with Crippen LogP contribution in [0.5, 0.6) is 11.5 Å². The molecule has 0 aliphatic carbocycles. The minimum absolute atomic E-state index is 0.134. The second-order valence-corrected chi connectivity index (χ2v) is 5.81. The first-order valence-electron chi connectivity index (χ1n) is 7.38. The van der Waals surface area contributed by atoms with E-state index >= 15 is 0 Å². The van der Waals surface area contributed by atoms with Crippen LogP contribution in [0.25, 0.3) is 0 Å². The minimum atomic E-state index is -0.584. The molecule has 6 heteroatoms. The van der Waals surface area contributed by atoms with E-state index in [4.69, 9.17) is 14.2 Å². The average Bonchev–Trinajstić information content (AvgIpc) is 2.60. The topological polar surface area (TPSA) is 61.8 Å². The zero-order valence-electron chi connectivity index (χ0n) is 13.4. The Hall–Kier alpha value is -2.34. The third-order valence-electron chi connectivity index (χ3n) is 3.09. The van der Waals surface area contributed by atoms with E-state index in [1.54, 1.807) is 30.3 Å². The van der Waals surface area contributed by atoms with Crippen LogP contribution in [0.2, 0.25) is 0 Å². The standard InChI is InChI=1S/C18H17BrO5/c1-3-9-23-14-6-4-5-12(10-14)17(20)24-16-8-7-13(19)11-15(16)18(21)22-2/h4-8,10-11H,3,9H2,1-2H3. The number of carbonyl (C=O) groups is 2. The van der Waals surface area contributed by atoms with Crippen molar-refractivity contribution in [3.63, 3.8) is 0 Å². The molecule has 126 valence electrons. The summed E-state index contributed by atoms with van der Waals surface area (Å²) in [5.74, 6) is -0.436. The third kappa shape index (κ3) is 4.58. The van der Waals surface area contributed by atoms with Gasteiger partial charge >= 0.3 is 11.9 Å². The van der Waals surface area contributed by atoms with Gasteiger partial charge in [-0.15, -0.1) is 0 Å². The summed E-state index contributed by atoms with van der Waals surface area (Å²) in [6.45, 7) is 2.57. The largest absolute Gasteiger partial charge is 0.494 e. The normalized spacial score (nSPS) is 10.1. The molecular weight excluding hydrogens is 376 g/mol. The van der Waals surface area contributed by atoms with Gasteiger partial charge in [0.1, 0.15) is 17.1 Å². The van der Waals surface area contributed by atoms with Crippen molar-refractivity contribution in [1.29, 1.82) is 0 Å². The Balaban J connectivity index is 2.22. The molecule has 0 aliphatic rings. The Morgan fingerprint density at radius 1 is 1.08 bits per heavy atom. The summed E-state index contributed by atoms with van der Waals surface area (Å²) >= 11 is 3.27. The van der Waals surface area contributed by atoms with Gasteiger partial charge in [0.2, 0.25) is 0 Å². The molecule has 0 amide bonds. The van der Waals surface area contributed by atoms with Crippen LogP contribution in [0.4, 0.5) is 0 Å². The SMILES string of the molecule is CCCOc1cccc(C(=O)Oc2ccc(Br)cc2C(=O)OC)c1. The number of hydrogen-bond donors (Lipinski definition) is 0. The lowest BCUT2D eigenvalue weighted by molar-refractivity contribution is 0.0593. The number of carbonyl (C=O) groups excluding carboxylic acids is 2. The van der Waals surface area contributed by atoms with Gasteiger partial charge in [0.25, 0.3) is 0 Å². The molecule has 24 heavy (non-hydrogen) atoms. The molecular formula is C18H17BrO5. The highest BCUT2D eigenvalue weighted by molar-refractivity contribution is 9.10. The maximum atomic E-state index is 12.3. The smallest absolute Gasteiger partial charge is 0.343 e. The molecule has 0 saturated carbocycles. The van der Waals surface area contributed by atoms with Crippen molar-refractivity contribution in [1.82, 2.24) is 0 Å². The molecule has 0 aromatic heterocycles. The van der Waals surface area contributed by atoms with Crippen molar-refractivity contribution < 1.29 is 23.8 Å². The molecule has 0 unspecified atom stereocenters. The summed E-state index contributed by atoms with van der Waals surface area (Å²) in [6, 6.07) is 11.5. The summed E-state index contributed by atoms with van der Waals surface area (Å²) in [4.78, 5) is 24.2. The van der Waals surface area contributed by atoms with Gasteiger partial charge in [-0.05, 0) is 42.8 Å². The monoisotopic (exact) mass is 392 g/mol. The second kappa shape index (κ2) is 8.49. The molecule has 0 saturated heterocycles. The summed E-state index contributed by atoms with van der Waals surface area (Å²) in [6.07, 6.45) is 0.871. The Morgan fingerprint density at radius 3 is 2.58 bits per heavy atom. The Labute approximate surface area is 148 Å². The lowest BCUT2D eigenvalue weighted by Crippen LogP contribution is -2.12. The number of ether oxygens (including phenoxy) is 3. The van der Waals surface area contributed by atoms with E-state index in [9.17, 15) is 9.59 Å². The van der Waals surface area contributed by atoms with E-state index < -0.39 is 11.9 Å². The molecule has 0 aliphatic heterocycles. The molecule has 0 N–H and O–H groups in total. The van der Waals surface area contributed by atoms with E-state index in [1.807, 2.05) is 6.92 Å². The van der Waals surface area contributed by atoms with E-state index in [0.29, 0.717) is 22.4 Å². The molecule has 0 radical (unpaired) electrons. The summed E-state index contributed by atoms with van der Waals surface area (Å²) in [7, 11) is 1.27. The van der Waals surface area contributed by atoms with Crippen LogP contribution in [0, 0.1) is 0 Å². The predicted molar refractivity (Wildman–Crippen MR) is 92.7 cm³/mol. The van der Waals surface area contributed by atoms with Crippen LogP contribution in [0.3, 0.4) is 0 Å². The van der Waals surface area contributed by atoms with Gasteiger partial charge in [0.05, 0.1) is 19.3 Å². The molecule has 2 aromatic carbocycles. The fourth-order valence-corrected chi connectivity index (χ4v) is 2.31. The van der Waals surface area contributed by atoms with Crippen molar-refractivity contribution in [2.45, 2.75) is 13.3 Å². The molecule has 2 rings (SSSR count). The highest BCUT2D eigenvalue weighted by atomic mass is 79.9. The van der Waals surface area contributed by atoms with Crippen molar-refractivity contribution in [2.24, 2.45) is 0 Å². The van der Waals surface area contributed by atoms with E-state index in [1.165, 1.54) is 19.2 Å². The summed E-state index contributed by atoms with van der Waals surface area (Å²) in [5.41, 5.74) is 0.501. The van der Waals surface area contributed by atoms with Gasteiger partial charge in [-0.25, -0.2) is 9.59 Å². The number of halogens is 1. The number of hydrogen-bond acceptors (Lipinski definition) is 5. The second-order valence-electron chi connectivity index (χ2n) is 4.90. The Morgan fingerprint density at radius 2 is 1.88 bits per heavy atom.